The number of ether oxygens (including phenoxy) is 1. The monoisotopic (exact) mass is 265 g/mol. The first kappa shape index (κ1) is 12.5. The van der Waals surface area contributed by atoms with E-state index in [0.717, 1.165) is 16.6 Å². The fourth-order valence-electron chi connectivity index (χ4n) is 2.25. The van der Waals surface area contributed by atoms with Crippen molar-refractivity contribution in [3.05, 3.63) is 60.3 Å². The summed E-state index contributed by atoms with van der Waals surface area (Å²) in [6.07, 6.45) is 1.93. The molecule has 0 saturated heterocycles. The van der Waals surface area contributed by atoms with Crippen molar-refractivity contribution in [2.45, 2.75) is 6.92 Å². The van der Waals surface area contributed by atoms with E-state index in [1.165, 1.54) is 5.39 Å². The number of carbonyl (C=O) groups is 1. The molecule has 0 atom stereocenters. The van der Waals surface area contributed by atoms with E-state index in [-0.39, 0.29) is 5.97 Å². The van der Waals surface area contributed by atoms with Crippen molar-refractivity contribution in [2.24, 2.45) is 0 Å². The lowest BCUT2D eigenvalue weighted by atomic mass is 10.0. The van der Waals surface area contributed by atoms with Gasteiger partial charge in [0.25, 0.3) is 0 Å². The van der Waals surface area contributed by atoms with Gasteiger partial charge >= 0.3 is 5.97 Å². The summed E-state index contributed by atoms with van der Waals surface area (Å²) in [4.78, 5) is 14.8. The Morgan fingerprint density at radius 2 is 1.80 bits per heavy atom. The molecule has 0 bridgehead atoms. The van der Waals surface area contributed by atoms with Crippen LogP contribution in [0.3, 0.4) is 0 Å². The Kier molecular flexibility index (Phi) is 3.25. The molecule has 1 N–H and O–H groups in total. The minimum absolute atomic E-state index is 0.278. The summed E-state index contributed by atoms with van der Waals surface area (Å²) in [5, 5.41) is 1.18. The molecule has 0 aliphatic heterocycles. The van der Waals surface area contributed by atoms with Gasteiger partial charge in [-0.3, -0.25) is 0 Å². The first-order chi connectivity index (χ1) is 9.78. The summed E-state index contributed by atoms with van der Waals surface area (Å²) in [6.45, 7) is 2.20. The number of hydrogen-bond acceptors (Lipinski definition) is 2. The quantitative estimate of drug-likeness (QED) is 0.727. The molecule has 20 heavy (non-hydrogen) atoms. The third-order valence-electron chi connectivity index (χ3n) is 3.28. The number of aromatic nitrogens is 1. The summed E-state index contributed by atoms with van der Waals surface area (Å²) >= 11 is 0. The Labute approximate surface area is 117 Å². The number of benzene rings is 2. The van der Waals surface area contributed by atoms with Crippen LogP contribution in [0.1, 0.15) is 17.3 Å². The number of carbonyl (C=O) groups excluding carboxylic acids is 1. The fourth-order valence-corrected chi connectivity index (χ4v) is 2.25. The number of aromatic amines is 1. The van der Waals surface area contributed by atoms with Gasteiger partial charge in [-0.2, -0.15) is 0 Å². The van der Waals surface area contributed by atoms with E-state index < -0.39 is 0 Å². The summed E-state index contributed by atoms with van der Waals surface area (Å²) < 4.78 is 4.98. The smallest absolute Gasteiger partial charge is 0.338 e. The van der Waals surface area contributed by atoms with Crippen LogP contribution in [0.4, 0.5) is 0 Å². The maximum atomic E-state index is 11.6. The highest BCUT2D eigenvalue weighted by Gasteiger charge is 2.06. The molecule has 0 unspecified atom stereocenters. The molecule has 100 valence electrons. The highest BCUT2D eigenvalue weighted by molar-refractivity contribution is 5.90. The molecule has 0 aliphatic carbocycles. The largest absolute Gasteiger partial charge is 0.462 e. The summed E-state index contributed by atoms with van der Waals surface area (Å²) in [6, 6.07) is 15.8. The molecule has 1 heterocycles. The number of nitrogens with one attached hydrogen (secondary N) is 1. The maximum absolute atomic E-state index is 11.6. The fraction of sp³-hybridized carbons (Fsp3) is 0.118. The van der Waals surface area contributed by atoms with Crippen molar-refractivity contribution in [1.82, 2.24) is 4.98 Å². The van der Waals surface area contributed by atoms with E-state index >= 15 is 0 Å². The Bertz CT molecular complexity index is 741. The minimum Gasteiger partial charge on any atom is -0.462 e. The number of rotatable bonds is 3. The van der Waals surface area contributed by atoms with Gasteiger partial charge in [-0.15, -0.1) is 0 Å². The third kappa shape index (κ3) is 2.30. The Morgan fingerprint density at radius 1 is 1.05 bits per heavy atom. The molecule has 3 nitrogen and oxygen atoms in total. The number of esters is 1. The number of H-pyrrole nitrogens is 1. The normalized spacial score (nSPS) is 10.7. The lowest BCUT2D eigenvalue weighted by Crippen LogP contribution is -2.03. The van der Waals surface area contributed by atoms with E-state index in [2.05, 4.69) is 23.2 Å². The molecule has 3 aromatic rings. The topological polar surface area (TPSA) is 42.1 Å². The van der Waals surface area contributed by atoms with Crippen molar-refractivity contribution in [1.29, 1.82) is 0 Å². The predicted octanol–water partition coefficient (Wildman–Crippen LogP) is 4.01. The van der Waals surface area contributed by atoms with Gasteiger partial charge in [0.1, 0.15) is 0 Å². The van der Waals surface area contributed by atoms with Crippen molar-refractivity contribution < 1.29 is 9.53 Å². The van der Waals surface area contributed by atoms with Gasteiger partial charge in [0.15, 0.2) is 0 Å². The molecular weight excluding hydrogens is 250 g/mol. The lowest BCUT2D eigenvalue weighted by Gasteiger charge is -2.05. The standard InChI is InChI=1S/C17H15NO2/c1-2-20-17(19)13-5-3-12(4-6-13)14-7-8-16-15(11-14)9-10-18-16/h3-11,18H,2H2,1H3. The summed E-state index contributed by atoms with van der Waals surface area (Å²) in [5.41, 5.74) is 3.92. The molecule has 0 fully saturated rings. The minimum atomic E-state index is -0.278. The highest BCUT2D eigenvalue weighted by Crippen LogP contribution is 2.24. The van der Waals surface area contributed by atoms with E-state index in [1.807, 2.05) is 24.4 Å². The van der Waals surface area contributed by atoms with Gasteiger partial charge < -0.3 is 9.72 Å². The van der Waals surface area contributed by atoms with Crippen LogP contribution in [0, 0.1) is 0 Å². The van der Waals surface area contributed by atoms with Crippen molar-refractivity contribution in [2.75, 3.05) is 6.61 Å². The van der Waals surface area contributed by atoms with Crippen molar-refractivity contribution in [3.8, 4) is 11.1 Å². The van der Waals surface area contributed by atoms with Gasteiger partial charge in [0.2, 0.25) is 0 Å². The van der Waals surface area contributed by atoms with Crippen LogP contribution < -0.4 is 0 Å². The van der Waals surface area contributed by atoms with E-state index in [9.17, 15) is 4.79 Å². The maximum Gasteiger partial charge on any atom is 0.338 e. The van der Waals surface area contributed by atoms with Crippen LogP contribution in [-0.2, 0) is 4.74 Å². The van der Waals surface area contributed by atoms with Gasteiger partial charge in [-0.25, -0.2) is 4.79 Å². The van der Waals surface area contributed by atoms with E-state index in [1.54, 1.807) is 19.1 Å². The summed E-state index contributed by atoms with van der Waals surface area (Å²) in [7, 11) is 0. The molecule has 3 rings (SSSR count). The van der Waals surface area contributed by atoms with Gasteiger partial charge in [-0.1, -0.05) is 18.2 Å². The number of hydrogen-bond donors (Lipinski definition) is 1. The summed E-state index contributed by atoms with van der Waals surface area (Å²) in [5.74, 6) is -0.278. The van der Waals surface area contributed by atoms with Crippen molar-refractivity contribution >= 4 is 16.9 Å². The van der Waals surface area contributed by atoms with Crippen LogP contribution in [0.2, 0.25) is 0 Å². The zero-order chi connectivity index (χ0) is 13.9. The Hall–Kier alpha value is -2.55. The van der Waals surface area contributed by atoms with Crippen LogP contribution in [-0.4, -0.2) is 17.6 Å². The zero-order valence-corrected chi connectivity index (χ0v) is 11.2. The van der Waals surface area contributed by atoms with Gasteiger partial charge in [0.05, 0.1) is 12.2 Å². The van der Waals surface area contributed by atoms with Crippen LogP contribution in [0.25, 0.3) is 22.0 Å². The van der Waals surface area contributed by atoms with E-state index in [4.69, 9.17) is 4.74 Å². The molecule has 0 saturated carbocycles. The van der Waals surface area contributed by atoms with Gasteiger partial charge in [0, 0.05) is 11.7 Å². The second kappa shape index (κ2) is 5.21. The predicted molar refractivity (Wildman–Crippen MR) is 79.7 cm³/mol. The zero-order valence-electron chi connectivity index (χ0n) is 11.2. The Morgan fingerprint density at radius 3 is 2.55 bits per heavy atom. The second-order valence-corrected chi connectivity index (χ2v) is 4.58. The molecule has 0 aliphatic rings. The molecular formula is C17H15NO2. The third-order valence-corrected chi connectivity index (χ3v) is 3.28. The first-order valence-electron chi connectivity index (χ1n) is 6.62. The first-order valence-corrected chi connectivity index (χ1v) is 6.62. The SMILES string of the molecule is CCOC(=O)c1ccc(-c2ccc3[nH]ccc3c2)cc1. The van der Waals surface area contributed by atoms with Crippen LogP contribution in [0.15, 0.2) is 54.7 Å². The van der Waals surface area contributed by atoms with Gasteiger partial charge in [-0.05, 0) is 53.8 Å². The molecule has 0 amide bonds. The molecule has 1 aromatic heterocycles. The average molecular weight is 265 g/mol. The molecule has 0 radical (unpaired) electrons. The van der Waals surface area contributed by atoms with Crippen LogP contribution in [0.5, 0.6) is 0 Å². The van der Waals surface area contributed by atoms with E-state index in [0.29, 0.717) is 12.2 Å². The van der Waals surface area contributed by atoms with Crippen molar-refractivity contribution in [3.63, 3.8) is 0 Å². The number of fused-ring (bicyclic) bond motifs is 1. The van der Waals surface area contributed by atoms with Crippen LogP contribution >= 0.6 is 0 Å². The lowest BCUT2D eigenvalue weighted by molar-refractivity contribution is 0.0526. The molecule has 3 heteroatoms. The second-order valence-electron chi connectivity index (χ2n) is 4.58. The highest BCUT2D eigenvalue weighted by atomic mass is 16.5. The average Bonchev–Trinajstić information content (AvgIpc) is 2.95. The molecule has 0 spiro atoms. The Balaban J connectivity index is 1.92. The molecule has 2 aromatic carbocycles.